The molecule has 0 aromatic rings. The standard InChI is InChI=1S/C3H5NO.ClH/c1-2-3-4-5;/h1,4-5H,3H2;1H. The SMILES string of the molecule is C#CCNO.Cl. The van der Waals surface area contributed by atoms with Gasteiger partial charge in [-0.3, -0.25) is 0 Å². The van der Waals surface area contributed by atoms with Gasteiger partial charge in [0.25, 0.3) is 0 Å². The lowest BCUT2D eigenvalue weighted by Gasteiger charge is -1.75. The van der Waals surface area contributed by atoms with Crippen LogP contribution in [0.4, 0.5) is 0 Å². The summed E-state index contributed by atoms with van der Waals surface area (Å²) in [6.45, 7) is 0.222. The average molecular weight is 108 g/mol. The molecule has 0 saturated carbocycles. The molecule has 0 aliphatic carbocycles. The number of halogens is 1. The van der Waals surface area contributed by atoms with E-state index in [4.69, 9.17) is 5.21 Å². The van der Waals surface area contributed by atoms with E-state index in [2.05, 4.69) is 12.3 Å². The van der Waals surface area contributed by atoms with Crippen LogP contribution in [0.1, 0.15) is 0 Å². The molecule has 2 N–H and O–H groups in total. The minimum Gasteiger partial charge on any atom is -0.316 e. The van der Waals surface area contributed by atoms with Gasteiger partial charge in [0.1, 0.15) is 0 Å². The maximum absolute atomic E-state index is 7.67. The molecule has 0 saturated heterocycles. The molecular formula is C3H6ClNO. The molecule has 0 bridgehead atoms. The van der Waals surface area contributed by atoms with Gasteiger partial charge in [-0.25, -0.2) is 0 Å². The van der Waals surface area contributed by atoms with Gasteiger partial charge in [0.15, 0.2) is 0 Å². The first-order valence-electron chi connectivity index (χ1n) is 1.22. The quantitative estimate of drug-likeness (QED) is 0.366. The van der Waals surface area contributed by atoms with E-state index in [-0.39, 0.29) is 19.0 Å². The first-order valence-corrected chi connectivity index (χ1v) is 1.22. The fourth-order valence-electron chi connectivity index (χ4n) is 0.0456. The Balaban J connectivity index is 0. The van der Waals surface area contributed by atoms with E-state index in [1.54, 1.807) is 5.48 Å². The summed E-state index contributed by atoms with van der Waals surface area (Å²) in [5, 5.41) is 7.67. The van der Waals surface area contributed by atoms with Crippen LogP contribution in [0, 0.1) is 12.3 Å². The Hall–Kier alpha value is -0.230. The Morgan fingerprint density at radius 3 is 2.33 bits per heavy atom. The largest absolute Gasteiger partial charge is 0.316 e. The van der Waals surface area contributed by atoms with Crippen LogP contribution in [0.5, 0.6) is 0 Å². The van der Waals surface area contributed by atoms with Gasteiger partial charge in [-0.05, 0) is 0 Å². The first-order chi connectivity index (χ1) is 2.41. The van der Waals surface area contributed by atoms with Crippen LogP contribution in [0.15, 0.2) is 0 Å². The second-order valence-electron chi connectivity index (χ2n) is 0.539. The Bertz CT molecular complexity index is 49.2. The molecule has 36 valence electrons. The molecule has 2 nitrogen and oxygen atoms in total. The second kappa shape index (κ2) is 8.84. The predicted molar refractivity (Wildman–Crippen MR) is 25.9 cm³/mol. The van der Waals surface area contributed by atoms with E-state index >= 15 is 0 Å². The molecule has 0 aliphatic rings. The molecule has 3 heteroatoms. The Labute approximate surface area is 42.9 Å². The van der Waals surface area contributed by atoms with Crippen LogP contribution in [0.2, 0.25) is 0 Å². The van der Waals surface area contributed by atoms with E-state index in [9.17, 15) is 0 Å². The van der Waals surface area contributed by atoms with E-state index < -0.39 is 0 Å². The highest BCUT2D eigenvalue weighted by atomic mass is 35.5. The summed E-state index contributed by atoms with van der Waals surface area (Å²) < 4.78 is 0. The first kappa shape index (κ1) is 9.24. The monoisotopic (exact) mass is 107 g/mol. The van der Waals surface area contributed by atoms with Gasteiger partial charge in [-0.1, -0.05) is 5.92 Å². The van der Waals surface area contributed by atoms with Crippen molar-refractivity contribution in [1.29, 1.82) is 0 Å². The summed E-state index contributed by atoms with van der Waals surface area (Å²) in [7, 11) is 0. The Kier molecular flexibility index (Phi) is 13.6. The van der Waals surface area contributed by atoms with Gasteiger partial charge in [0.05, 0.1) is 6.54 Å². The third-order valence-corrected chi connectivity index (χ3v) is 0.181. The number of hydrogen-bond donors (Lipinski definition) is 2. The highest BCUT2D eigenvalue weighted by molar-refractivity contribution is 5.85. The van der Waals surface area contributed by atoms with Crippen molar-refractivity contribution in [3.8, 4) is 12.3 Å². The number of hydrogen-bond acceptors (Lipinski definition) is 2. The average Bonchev–Trinajstić information content (AvgIpc) is 1.41. The zero-order valence-electron chi connectivity index (χ0n) is 3.14. The van der Waals surface area contributed by atoms with Crippen molar-refractivity contribution in [1.82, 2.24) is 5.48 Å². The van der Waals surface area contributed by atoms with Crippen molar-refractivity contribution in [3.63, 3.8) is 0 Å². The van der Waals surface area contributed by atoms with Crippen LogP contribution in [-0.4, -0.2) is 11.8 Å². The number of hydroxylamine groups is 1. The summed E-state index contributed by atoms with van der Waals surface area (Å²) >= 11 is 0. The van der Waals surface area contributed by atoms with E-state index in [0.717, 1.165) is 0 Å². The molecule has 0 heterocycles. The molecule has 0 radical (unpaired) electrons. The van der Waals surface area contributed by atoms with Gasteiger partial charge in [0, 0.05) is 0 Å². The normalized spacial score (nSPS) is 5.33. The van der Waals surface area contributed by atoms with Crippen LogP contribution in [0.25, 0.3) is 0 Å². The summed E-state index contributed by atoms with van der Waals surface area (Å²) in [4.78, 5) is 0. The van der Waals surface area contributed by atoms with Gasteiger partial charge in [0.2, 0.25) is 0 Å². The smallest absolute Gasteiger partial charge is 0.0815 e. The minimum absolute atomic E-state index is 0. The predicted octanol–water partition coefficient (Wildman–Crippen LogP) is 0.0202. The summed E-state index contributed by atoms with van der Waals surface area (Å²) in [5.74, 6) is 2.16. The molecular weight excluding hydrogens is 101 g/mol. The van der Waals surface area contributed by atoms with Crippen LogP contribution in [0.3, 0.4) is 0 Å². The number of terminal acetylenes is 1. The Morgan fingerprint density at radius 1 is 1.83 bits per heavy atom. The lowest BCUT2D eigenvalue weighted by atomic mass is 10.7. The van der Waals surface area contributed by atoms with E-state index in [1.165, 1.54) is 0 Å². The molecule has 0 unspecified atom stereocenters. The highest BCUT2D eigenvalue weighted by Crippen LogP contribution is 1.37. The van der Waals surface area contributed by atoms with E-state index in [1.807, 2.05) is 0 Å². The minimum atomic E-state index is 0. The van der Waals surface area contributed by atoms with Crippen molar-refractivity contribution in [2.75, 3.05) is 6.54 Å². The lowest BCUT2D eigenvalue weighted by Crippen LogP contribution is -2.04. The maximum atomic E-state index is 7.67. The summed E-state index contributed by atoms with van der Waals surface area (Å²) in [5.41, 5.74) is 1.78. The van der Waals surface area contributed by atoms with Gasteiger partial charge >= 0.3 is 0 Å². The molecule has 0 aromatic carbocycles. The molecule has 0 aliphatic heterocycles. The molecule has 0 amide bonds. The molecule has 0 fully saturated rings. The third-order valence-electron chi connectivity index (χ3n) is 0.181. The van der Waals surface area contributed by atoms with Gasteiger partial charge in [-0.15, -0.1) is 18.8 Å². The fraction of sp³-hybridized carbons (Fsp3) is 0.333. The van der Waals surface area contributed by atoms with E-state index in [0.29, 0.717) is 0 Å². The molecule has 6 heavy (non-hydrogen) atoms. The number of rotatable bonds is 1. The van der Waals surface area contributed by atoms with Crippen LogP contribution in [-0.2, 0) is 0 Å². The zero-order valence-corrected chi connectivity index (χ0v) is 3.96. The van der Waals surface area contributed by atoms with Crippen molar-refractivity contribution < 1.29 is 5.21 Å². The highest BCUT2D eigenvalue weighted by Gasteiger charge is 1.57. The van der Waals surface area contributed by atoms with Crippen molar-refractivity contribution >= 4 is 12.4 Å². The topological polar surface area (TPSA) is 32.3 Å². The van der Waals surface area contributed by atoms with Gasteiger partial charge < -0.3 is 5.21 Å². The molecule has 0 rings (SSSR count). The molecule has 0 atom stereocenters. The lowest BCUT2D eigenvalue weighted by molar-refractivity contribution is 0.182. The van der Waals surface area contributed by atoms with Crippen molar-refractivity contribution in [3.05, 3.63) is 0 Å². The fourth-order valence-corrected chi connectivity index (χ4v) is 0.0456. The zero-order chi connectivity index (χ0) is 4.12. The van der Waals surface area contributed by atoms with Crippen molar-refractivity contribution in [2.45, 2.75) is 0 Å². The van der Waals surface area contributed by atoms with Crippen molar-refractivity contribution in [2.24, 2.45) is 0 Å². The van der Waals surface area contributed by atoms with Crippen LogP contribution < -0.4 is 5.48 Å². The maximum Gasteiger partial charge on any atom is 0.0815 e. The number of nitrogens with one attached hydrogen (secondary N) is 1. The Morgan fingerprint density at radius 2 is 2.33 bits per heavy atom. The summed E-state index contributed by atoms with van der Waals surface area (Å²) in [6, 6.07) is 0. The van der Waals surface area contributed by atoms with Crippen LogP contribution >= 0.6 is 12.4 Å². The summed E-state index contributed by atoms with van der Waals surface area (Å²) in [6.07, 6.45) is 4.67. The molecule has 0 aromatic heterocycles. The molecule has 0 spiro atoms. The third kappa shape index (κ3) is 9.23. The van der Waals surface area contributed by atoms with Gasteiger partial charge in [-0.2, -0.15) is 5.48 Å². The second-order valence-corrected chi connectivity index (χ2v) is 0.539.